The third kappa shape index (κ3) is 5.11. The van der Waals surface area contributed by atoms with Gasteiger partial charge in [0.25, 0.3) is 5.56 Å². The molecule has 1 fully saturated rings. The van der Waals surface area contributed by atoms with Gasteiger partial charge in [0.1, 0.15) is 24.3 Å². The van der Waals surface area contributed by atoms with Gasteiger partial charge in [-0.05, 0) is 74.9 Å². The minimum absolute atomic E-state index is 0.130. The fraction of sp³-hybridized carbons (Fsp3) is 0.258. The molecule has 0 saturated heterocycles. The molecule has 0 radical (unpaired) electrons. The van der Waals surface area contributed by atoms with Gasteiger partial charge in [-0.3, -0.25) is 14.3 Å². The van der Waals surface area contributed by atoms with E-state index in [9.17, 15) is 20.0 Å². The van der Waals surface area contributed by atoms with Crippen LogP contribution in [-0.2, 0) is 13.0 Å². The first kappa shape index (κ1) is 28.2. The summed E-state index contributed by atoms with van der Waals surface area (Å²) in [5, 5.41) is 22.5. The number of nitrogens with zero attached hydrogens (tertiary/aromatic N) is 4. The summed E-state index contributed by atoms with van der Waals surface area (Å²) in [6, 6.07) is 11.0. The second-order valence-corrected chi connectivity index (χ2v) is 12.1. The van der Waals surface area contributed by atoms with Crippen molar-refractivity contribution >= 4 is 61.6 Å². The number of rotatable bonds is 8. The van der Waals surface area contributed by atoms with E-state index in [4.69, 9.17) is 27.9 Å². The number of carbonyl (C=O) groups is 1. The highest BCUT2D eigenvalue weighted by Crippen LogP contribution is 2.40. The zero-order chi connectivity index (χ0) is 29.7. The van der Waals surface area contributed by atoms with Crippen molar-refractivity contribution in [3.8, 4) is 22.9 Å². The number of halogens is 2. The summed E-state index contributed by atoms with van der Waals surface area (Å²) in [5.41, 5.74) is 3.75. The molecule has 1 aliphatic carbocycles. The number of hydrogen-bond donors (Lipinski definition) is 1. The van der Waals surface area contributed by atoms with E-state index < -0.39 is 5.97 Å². The molecule has 0 atom stereocenters. The van der Waals surface area contributed by atoms with Gasteiger partial charge in [0.15, 0.2) is 0 Å². The number of hydrogen-bond acceptors (Lipinski definition) is 7. The SMILES string of the molecule is Cc1cc(-c2cc(Cl)ccc2OCCn2c(C)nc3cc(Cl)c(CC4CC4)c(C#N)c3c2=O)c2scc(C(=O)O)c2n1. The maximum atomic E-state index is 13.7. The van der Waals surface area contributed by atoms with Gasteiger partial charge in [0, 0.05) is 32.2 Å². The fourth-order valence-electron chi connectivity index (χ4n) is 5.27. The second kappa shape index (κ2) is 11.0. The molecule has 1 aliphatic rings. The number of aromatic carboxylic acids is 1. The lowest BCUT2D eigenvalue weighted by Crippen LogP contribution is -2.27. The first-order chi connectivity index (χ1) is 20.2. The maximum absolute atomic E-state index is 13.7. The number of ether oxygens (including phenoxy) is 1. The Balaban J connectivity index is 1.35. The van der Waals surface area contributed by atoms with Gasteiger partial charge in [-0.2, -0.15) is 5.26 Å². The Bertz CT molecular complexity index is 2020. The third-order valence-corrected chi connectivity index (χ3v) is 9.05. The van der Waals surface area contributed by atoms with Crippen LogP contribution in [0.15, 0.2) is 40.5 Å². The number of thiophene rings is 1. The standard InChI is InChI=1S/C31H24Cl2N4O4S/c1-15-9-21(29-28(35-15)23(14-42-29)31(39)40)20-11-18(32)5-6-26(20)41-8-7-37-16(2)36-25-12-24(33)19(10-17-3-4-17)22(13-34)27(25)30(37)38/h5-6,9,11-12,14,17H,3-4,7-8,10H2,1-2H3,(H,39,40). The number of aromatic nitrogens is 3. The molecule has 6 rings (SSSR count). The fourth-order valence-corrected chi connectivity index (χ4v) is 6.73. The number of benzene rings is 2. The zero-order valence-electron chi connectivity index (χ0n) is 22.7. The summed E-state index contributed by atoms with van der Waals surface area (Å²) in [6.45, 7) is 3.86. The Hall–Kier alpha value is -3.97. The summed E-state index contributed by atoms with van der Waals surface area (Å²) in [7, 11) is 0. The minimum atomic E-state index is -1.04. The van der Waals surface area contributed by atoms with Crippen molar-refractivity contribution in [1.29, 1.82) is 5.26 Å². The van der Waals surface area contributed by atoms with Gasteiger partial charge in [0.05, 0.1) is 38.8 Å². The van der Waals surface area contributed by atoms with Crippen LogP contribution in [0.25, 0.3) is 32.2 Å². The number of pyridine rings is 1. The van der Waals surface area contributed by atoms with Crippen LogP contribution in [0.5, 0.6) is 5.75 Å². The van der Waals surface area contributed by atoms with Crippen LogP contribution in [0.4, 0.5) is 0 Å². The molecule has 3 heterocycles. The minimum Gasteiger partial charge on any atom is -0.491 e. The molecule has 0 bridgehead atoms. The highest BCUT2D eigenvalue weighted by molar-refractivity contribution is 7.18. The van der Waals surface area contributed by atoms with Gasteiger partial charge < -0.3 is 9.84 Å². The first-order valence-electron chi connectivity index (χ1n) is 13.3. The average Bonchev–Trinajstić information content (AvgIpc) is 3.66. The molecular weight excluding hydrogens is 595 g/mol. The molecule has 3 aromatic heterocycles. The molecule has 212 valence electrons. The second-order valence-electron chi connectivity index (χ2n) is 10.4. The average molecular weight is 620 g/mol. The predicted octanol–water partition coefficient (Wildman–Crippen LogP) is 7.20. The third-order valence-electron chi connectivity index (χ3n) is 7.48. The van der Waals surface area contributed by atoms with Crippen molar-refractivity contribution in [1.82, 2.24) is 14.5 Å². The van der Waals surface area contributed by atoms with Crippen LogP contribution in [0.2, 0.25) is 10.0 Å². The largest absolute Gasteiger partial charge is 0.491 e. The molecule has 0 aliphatic heterocycles. The van der Waals surface area contributed by atoms with Crippen LogP contribution in [-0.4, -0.2) is 32.2 Å². The van der Waals surface area contributed by atoms with Crippen LogP contribution in [0.1, 0.15) is 45.8 Å². The van der Waals surface area contributed by atoms with E-state index in [0.717, 1.165) is 18.4 Å². The van der Waals surface area contributed by atoms with Crippen molar-refractivity contribution in [2.75, 3.05) is 6.61 Å². The van der Waals surface area contributed by atoms with Crippen molar-refractivity contribution in [2.24, 2.45) is 5.92 Å². The van der Waals surface area contributed by atoms with Crippen LogP contribution in [0, 0.1) is 31.1 Å². The first-order valence-corrected chi connectivity index (χ1v) is 15.0. The van der Waals surface area contributed by atoms with Crippen LogP contribution >= 0.6 is 34.5 Å². The zero-order valence-corrected chi connectivity index (χ0v) is 25.0. The Morgan fingerprint density at radius 3 is 2.69 bits per heavy atom. The molecule has 2 aromatic carbocycles. The van der Waals surface area contributed by atoms with E-state index in [1.54, 1.807) is 43.5 Å². The predicted molar refractivity (Wildman–Crippen MR) is 164 cm³/mol. The molecule has 1 saturated carbocycles. The van der Waals surface area contributed by atoms with Crippen molar-refractivity contribution < 1.29 is 14.6 Å². The smallest absolute Gasteiger partial charge is 0.338 e. The number of nitriles is 1. The van der Waals surface area contributed by atoms with Gasteiger partial charge in [0.2, 0.25) is 0 Å². The van der Waals surface area contributed by atoms with Crippen molar-refractivity contribution in [3.05, 3.63) is 84.3 Å². The van der Waals surface area contributed by atoms with Crippen LogP contribution < -0.4 is 10.3 Å². The molecule has 0 amide bonds. The molecule has 42 heavy (non-hydrogen) atoms. The lowest BCUT2D eigenvalue weighted by molar-refractivity contribution is 0.0699. The summed E-state index contributed by atoms with van der Waals surface area (Å²) in [6.07, 6.45) is 2.86. The van der Waals surface area contributed by atoms with Gasteiger partial charge >= 0.3 is 5.97 Å². The summed E-state index contributed by atoms with van der Waals surface area (Å²) >= 11 is 14.2. The van der Waals surface area contributed by atoms with E-state index in [2.05, 4.69) is 16.0 Å². The maximum Gasteiger partial charge on any atom is 0.338 e. The Kier molecular flexibility index (Phi) is 7.39. The van der Waals surface area contributed by atoms with E-state index >= 15 is 0 Å². The molecule has 11 heteroatoms. The summed E-state index contributed by atoms with van der Waals surface area (Å²) < 4.78 is 8.44. The Labute approximate surface area is 254 Å². The summed E-state index contributed by atoms with van der Waals surface area (Å²) in [4.78, 5) is 34.5. The van der Waals surface area contributed by atoms with Gasteiger partial charge in [-0.25, -0.2) is 9.78 Å². The topological polar surface area (TPSA) is 118 Å². The lowest BCUT2D eigenvalue weighted by atomic mass is 9.98. The van der Waals surface area contributed by atoms with Gasteiger partial charge in [-0.1, -0.05) is 23.2 Å². The molecule has 0 unspecified atom stereocenters. The molecule has 5 aromatic rings. The summed E-state index contributed by atoms with van der Waals surface area (Å²) in [5.74, 6) is 0.449. The van der Waals surface area contributed by atoms with E-state index in [1.165, 1.54) is 15.9 Å². The number of aryl methyl sites for hydroxylation is 2. The van der Waals surface area contributed by atoms with E-state index in [-0.39, 0.29) is 29.7 Å². The Morgan fingerprint density at radius 2 is 1.98 bits per heavy atom. The molecule has 8 nitrogen and oxygen atoms in total. The lowest BCUT2D eigenvalue weighted by Gasteiger charge is -2.16. The number of carboxylic acid groups (broad SMARTS) is 1. The monoisotopic (exact) mass is 618 g/mol. The van der Waals surface area contributed by atoms with Crippen LogP contribution in [0.3, 0.4) is 0 Å². The van der Waals surface area contributed by atoms with E-state index in [1.807, 2.05) is 6.07 Å². The highest BCUT2D eigenvalue weighted by Gasteiger charge is 2.26. The normalized spacial score (nSPS) is 13.0. The van der Waals surface area contributed by atoms with Gasteiger partial charge in [-0.15, -0.1) is 11.3 Å². The van der Waals surface area contributed by atoms with Crippen molar-refractivity contribution in [3.63, 3.8) is 0 Å². The quantitative estimate of drug-likeness (QED) is 0.195. The van der Waals surface area contributed by atoms with Crippen molar-refractivity contribution in [2.45, 2.75) is 39.7 Å². The Morgan fingerprint density at radius 1 is 1.19 bits per heavy atom. The number of carboxylic acids is 1. The van der Waals surface area contributed by atoms with E-state index in [0.29, 0.717) is 72.1 Å². The molecule has 1 N–H and O–H groups in total. The number of fused-ring (bicyclic) bond motifs is 2. The molecule has 0 spiro atoms. The molecular formula is C31H24Cl2N4O4S. The highest BCUT2D eigenvalue weighted by atomic mass is 35.5.